The van der Waals surface area contributed by atoms with Gasteiger partial charge in [-0.2, -0.15) is 0 Å². The van der Waals surface area contributed by atoms with Crippen LogP contribution in [0.3, 0.4) is 0 Å². The van der Waals surface area contributed by atoms with E-state index in [9.17, 15) is 4.79 Å². The molecule has 1 aliphatic rings. The number of nitrogens with one attached hydrogen (secondary N) is 2. The molecule has 0 bridgehead atoms. The molecule has 1 unspecified atom stereocenters. The van der Waals surface area contributed by atoms with Gasteiger partial charge in [0.15, 0.2) is 5.82 Å². The van der Waals surface area contributed by atoms with Crippen molar-refractivity contribution in [2.45, 2.75) is 26.3 Å². The quantitative estimate of drug-likeness (QED) is 0.741. The molecule has 2 heterocycles. The van der Waals surface area contributed by atoms with Crippen LogP contribution >= 0.6 is 11.6 Å². The third-order valence-electron chi connectivity index (χ3n) is 2.67. The molecule has 1 aliphatic heterocycles. The molecule has 5 heteroatoms. The second-order valence-corrected chi connectivity index (χ2v) is 4.66. The largest absolute Gasteiger partial charge is 0.365 e. The Morgan fingerprint density at radius 1 is 1.50 bits per heavy atom. The van der Waals surface area contributed by atoms with E-state index >= 15 is 0 Å². The average Bonchev–Trinajstić information content (AvgIpc) is 2.36. The van der Waals surface area contributed by atoms with Crippen LogP contribution < -0.4 is 10.6 Å². The lowest BCUT2D eigenvalue weighted by Gasteiger charge is -2.19. The van der Waals surface area contributed by atoms with Crippen molar-refractivity contribution < 1.29 is 4.79 Å². The molecule has 2 N–H and O–H groups in total. The molecular weight excluding hydrogens is 226 g/mol. The van der Waals surface area contributed by atoms with Crippen LogP contribution in [-0.2, 0) is 4.79 Å². The number of rotatable bonds is 1. The third kappa shape index (κ3) is 2.27. The first-order valence-corrected chi connectivity index (χ1v) is 5.67. The van der Waals surface area contributed by atoms with E-state index in [4.69, 9.17) is 11.6 Å². The summed E-state index contributed by atoms with van der Waals surface area (Å²) in [5.41, 5.74) is 0.692. The van der Waals surface area contributed by atoms with Gasteiger partial charge in [-0.15, -0.1) is 0 Å². The van der Waals surface area contributed by atoms with Crippen molar-refractivity contribution in [1.29, 1.82) is 0 Å². The summed E-state index contributed by atoms with van der Waals surface area (Å²) in [7, 11) is 0. The van der Waals surface area contributed by atoms with Gasteiger partial charge in [0, 0.05) is 12.5 Å². The molecule has 1 aromatic rings. The summed E-state index contributed by atoms with van der Waals surface area (Å²) in [4.78, 5) is 15.8. The maximum Gasteiger partial charge on any atom is 0.226 e. The van der Waals surface area contributed by atoms with Crippen LogP contribution in [0.15, 0.2) is 12.1 Å². The van der Waals surface area contributed by atoms with E-state index in [-0.39, 0.29) is 11.9 Å². The van der Waals surface area contributed by atoms with E-state index in [1.807, 2.05) is 0 Å². The minimum atomic E-state index is 0.00840. The van der Waals surface area contributed by atoms with Gasteiger partial charge < -0.3 is 10.6 Å². The zero-order chi connectivity index (χ0) is 11.7. The summed E-state index contributed by atoms with van der Waals surface area (Å²) in [6.07, 6.45) is 0.450. The highest BCUT2D eigenvalue weighted by Gasteiger charge is 2.23. The first kappa shape index (κ1) is 11.2. The second-order valence-electron chi connectivity index (χ2n) is 4.28. The summed E-state index contributed by atoms with van der Waals surface area (Å²) in [5.74, 6) is 1.02. The number of hydrogen-bond acceptors (Lipinski definition) is 3. The molecule has 1 amide bonds. The molecule has 1 atom stereocenters. The molecule has 16 heavy (non-hydrogen) atoms. The normalized spacial score (nSPS) is 19.8. The second kappa shape index (κ2) is 4.29. The SMILES string of the molecule is CC(C)C1CC(=O)Nc2ccc(Cl)nc2N1. The van der Waals surface area contributed by atoms with E-state index in [1.54, 1.807) is 12.1 Å². The Morgan fingerprint density at radius 2 is 2.25 bits per heavy atom. The van der Waals surface area contributed by atoms with Crippen molar-refractivity contribution in [2.75, 3.05) is 10.6 Å². The molecule has 1 aromatic heterocycles. The fourth-order valence-corrected chi connectivity index (χ4v) is 1.82. The first-order valence-electron chi connectivity index (χ1n) is 5.29. The number of aromatic nitrogens is 1. The minimum absolute atomic E-state index is 0.00840. The van der Waals surface area contributed by atoms with E-state index in [1.165, 1.54) is 0 Å². The molecule has 0 spiro atoms. The zero-order valence-electron chi connectivity index (χ0n) is 9.25. The minimum Gasteiger partial charge on any atom is -0.365 e. The van der Waals surface area contributed by atoms with Crippen molar-refractivity contribution in [3.63, 3.8) is 0 Å². The van der Waals surface area contributed by atoms with Crippen LogP contribution in [-0.4, -0.2) is 16.9 Å². The number of hydrogen-bond donors (Lipinski definition) is 2. The van der Waals surface area contributed by atoms with Gasteiger partial charge in [-0.05, 0) is 18.1 Å². The Kier molecular flexibility index (Phi) is 3.01. The van der Waals surface area contributed by atoms with E-state index in [2.05, 4.69) is 29.5 Å². The summed E-state index contributed by atoms with van der Waals surface area (Å²) in [6.45, 7) is 4.14. The van der Waals surface area contributed by atoms with Crippen LogP contribution in [0.1, 0.15) is 20.3 Å². The molecule has 0 saturated heterocycles. The van der Waals surface area contributed by atoms with Gasteiger partial charge in [0.2, 0.25) is 5.91 Å². The molecule has 0 aliphatic carbocycles. The van der Waals surface area contributed by atoms with Crippen molar-refractivity contribution in [1.82, 2.24) is 4.98 Å². The first-order chi connectivity index (χ1) is 7.56. The molecule has 4 nitrogen and oxygen atoms in total. The van der Waals surface area contributed by atoms with Gasteiger partial charge in [-0.1, -0.05) is 25.4 Å². The number of fused-ring (bicyclic) bond motifs is 1. The number of nitrogens with zero attached hydrogens (tertiary/aromatic N) is 1. The number of anilines is 2. The lowest BCUT2D eigenvalue weighted by Crippen LogP contribution is -2.28. The predicted octanol–water partition coefficient (Wildman–Crippen LogP) is 2.51. The van der Waals surface area contributed by atoms with Crippen molar-refractivity contribution >= 4 is 29.0 Å². The van der Waals surface area contributed by atoms with Crippen LogP contribution in [0.5, 0.6) is 0 Å². The Bertz CT molecular complexity index is 420. The van der Waals surface area contributed by atoms with Gasteiger partial charge in [0.05, 0.1) is 5.69 Å². The summed E-state index contributed by atoms with van der Waals surface area (Å²) in [5, 5.41) is 6.48. The van der Waals surface area contributed by atoms with E-state index in [0.29, 0.717) is 29.0 Å². The third-order valence-corrected chi connectivity index (χ3v) is 2.88. The smallest absolute Gasteiger partial charge is 0.226 e. The predicted molar refractivity (Wildman–Crippen MR) is 64.7 cm³/mol. The summed E-state index contributed by atoms with van der Waals surface area (Å²) >= 11 is 5.83. The van der Waals surface area contributed by atoms with Crippen LogP contribution in [0.25, 0.3) is 0 Å². The molecule has 86 valence electrons. The maximum absolute atomic E-state index is 11.6. The molecular formula is C11H14ClN3O. The van der Waals surface area contributed by atoms with Gasteiger partial charge in [0.25, 0.3) is 0 Å². The molecule has 0 saturated carbocycles. The van der Waals surface area contributed by atoms with Gasteiger partial charge in [0.1, 0.15) is 5.15 Å². The monoisotopic (exact) mass is 239 g/mol. The standard InChI is InChI=1S/C11H14ClN3O/c1-6(2)8-5-10(16)13-7-3-4-9(12)15-11(7)14-8/h3-4,6,8H,5H2,1-2H3,(H,13,16)(H,14,15). The number of halogens is 1. The molecule has 0 fully saturated rings. The lowest BCUT2D eigenvalue weighted by atomic mass is 10.0. The zero-order valence-corrected chi connectivity index (χ0v) is 10.0. The van der Waals surface area contributed by atoms with Crippen molar-refractivity contribution in [2.24, 2.45) is 5.92 Å². The highest BCUT2D eigenvalue weighted by molar-refractivity contribution is 6.29. The lowest BCUT2D eigenvalue weighted by molar-refractivity contribution is -0.116. The summed E-state index contributed by atoms with van der Waals surface area (Å²) in [6, 6.07) is 3.52. The maximum atomic E-state index is 11.6. The van der Waals surface area contributed by atoms with Crippen LogP contribution in [0, 0.1) is 5.92 Å². The fourth-order valence-electron chi connectivity index (χ4n) is 1.68. The number of carbonyl (C=O) groups is 1. The Labute approximate surface area is 99.4 Å². The molecule has 2 rings (SSSR count). The Balaban J connectivity index is 2.36. The number of carbonyl (C=O) groups excluding carboxylic acids is 1. The summed E-state index contributed by atoms with van der Waals surface area (Å²) < 4.78 is 0. The van der Waals surface area contributed by atoms with E-state index in [0.717, 1.165) is 0 Å². The molecule has 0 aromatic carbocycles. The van der Waals surface area contributed by atoms with Gasteiger partial charge >= 0.3 is 0 Å². The number of pyridine rings is 1. The van der Waals surface area contributed by atoms with Crippen LogP contribution in [0.4, 0.5) is 11.5 Å². The molecule has 0 radical (unpaired) electrons. The highest BCUT2D eigenvalue weighted by atomic mass is 35.5. The van der Waals surface area contributed by atoms with Gasteiger partial charge in [-0.25, -0.2) is 4.98 Å². The average molecular weight is 240 g/mol. The fraction of sp³-hybridized carbons (Fsp3) is 0.455. The van der Waals surface area contributed by atoms with Crippen LogP contribution in [0.2, 0.25) is 5.15 Å². The van der Waals surface area contributed by atoms with Crippen molar-refractivity contribution in [3.8, 4) is 0 Å². The van der Waals surface area contributed by atoms with Crippen molar-refractivity contribution in [3.05, 3.63) is 17.3 Å². The Hall–Kier alpha value is -1.29. The topological polar surface area (TPSA) is 54.0 Å². The Morgan fingerprint density at radius 3 is 2.94 bits per heavy atom. The van der Waals surface area contributed by atoms with Gasteiger partial charge in [-0.3, -0.25) is 4.79 Å². The number of amides is 1. The van der Waals surface area contributed by atoms with E-state index < -0.39 is 0 Å². The highest BCUT2D eigenvalue weighted by Crippen LogP contribution is 2.27.